The first-order valence-electron chi connectivity index (χ1n) is 8.98. The molecule has 29 heavy (non-hydrogen) atoms. The molecule has 0 aliphatic rings. The number of halogens is 2. The van der Waals surface area contributed by atoms with Gasteiger partial charge >= 0.3 is 0 Å². The van der Waals surface area contributed by atoms with Crippen LogP contribution >= 0.6 is 35.0 Å². The molecule has 0 spiro atoms. The Morgan fingerprint density at radius 2 is 1.90 bits per heavy atom. The van der Waals surface area contributed by atoms with Gasteiger partial charge < -0.3 is 19.1 Å². The van der Waals surface area contributed by atoms with Crippen molar-refractivity contribution in [3.05, 3.63) is 52.5 Å². The average Bonchev–Trinajstić information content (AvgIpc) is 3.15. The van der Waals surface area contributed by atoms with Crippen LogP contribution in [-0.2, 0) is 6.54 Å². The second kappa shape index (κ2) is 10.2. The van der Waals surface area contributed by atoms with Crippen molar-refractivity contribution in [3.63, 3.8) is 0 Å². The Kier molecular flexibility index (Phi) is 7.66. The SMILES string of the molecule is CCn1c(SC[C@H](O)COc2cc(Cl)ccc2Cl)nnc1-c1ccc(OC)cc1. The molecular formula is C20H21Cl2N3O3S. The van der Waals surface area contributed by atoms with Gasteiger partial charge in [0.15, 0.2) is 11.0 Å². The first-order valence-corrected chi connectivity index (χ1v) is 10.7. The van der Waals surface area contributed by atoms with Gasteiger partial charge in [-0.1, -0.05) is 35.0 Å². The molecular weight excluding hydrogens is 433 g/mol. The van der Waals surface area contributed by atoms with Crippen molar-refractivity contribution >= 4 is 35.0 Å². The van der Waals surface area contributed by atoms with E-state index in [0.29, 0.717) is 28.1 Å². The van der Waals surface area contributed by atoms with E-state index in [1.54, 1.807) is 25.3 Å². The predicted molar refractivity (Wildman–Crippen MR) is 116 cm³/mol. The Morgan fingerprint density at radius 1 is 1.14 bits per heavy atom. The summed E-state index contributed by atoms with van der Waals surface area (Å²) in [5.41, 5.74) is 0.950. The van der Waals surface area contributed by atoms with Gasteiger partial charge in [-0.3, -0.25) is 0 Å². The van der Waals surface area contributed by atoms with Crippen LogP contribution in [0, 0.1) is 0 Å². The topological polar surface area (TPSA) is 69.4 Å². The van der Waals surface area contributed by atoms with E-state index in [0.717, 1.165) is 22.3 Å². The van der Waals surface area contributed by atoms with Crippen molar-refractivity contribution in [2.45, 2.75) is 24.7 Å². The van der Waals surface area contributed by atoms with Gasteiger partial charge in [-0.05, 0) is 43.3 Å². The molecule has 1 atom stereocenters. The number of rotatable bonds is 9. The van der Waals surface area contributed by atoms with Gasteiger partial charge in [0, 0.05) is 29.0 Å². The molecule has 3 rings (SSSR count). The quantitative estimate of drug-likeness (QED) is 0.468. The van der Waals surface area contributed by atoms with Crippen molar-refractivity contribution < 1.29 is 14.6 Å². The third-order valence-electron chi connectivity index (χ3n) is 4.11. The Morgan fingerprint density at radius 3 is 2.59 bits per heavy atom. The number of benzene rings is 2. The molecule has 0 fully saturated rings. The van der Waals surface area contributed by atoms with Crippen molar-refractivity contribution in [2.75, 3.05) is 19.5 Å². The number of thioether (sulfide) groups is 1. The fourth-order valence-corrected chi connectivity index (χ4v) is 3.87. The number of aliphatic hydroxyl groups excluding tert-OH is 1. The lowest BCUT2D eigenvalue weighted by Crippen LogP contribution is -2.20. The second-order valence-electron chi connectivity index (χ2n) is 6.13. The van der Waals surface area contributed by atoms with E-state index in [9.17, 15) is 5.11 Å². The van der Waals surface area contributed by atoms with Gasteiger partial charge in [0.05, 0.1) is 18.2 Å². The molecule has 0 saturated heterocycles. The fraction of sp³-hybridized carbons (Fsp3) is 0.300. The highest BCUT2D eigenvalue weighted by Gasteiger charge is 2.16. The summed E-state index contributed by atoms with van der Waals surface area (Å²) in [6, 6.07) is 12.6. The molecule has 6 nitrogen and oxygen atoms in total. The van der Waals surface area contributed by atoms with E-state index in [-0.39, 0.29) is 6.61 Å². The maximum absolute atomic E-state index is 10.3. The largest absolute Gasteiger partial charge is 0.497 e. The Bertz CT molecular complexity index is 951. The molecule has 1 N–H and O–H groups in total. The van der Waals surface area contributed by atoms with Crippen LogP contribution in [0.25, 0.3) is 11.4 Å². The standard InChI is InChI=1S/C20H21Cl2N3O3S/c1-3-25-19(13-4-7-16(27-2)8-5-13)23-24-20(25)29-12-15(26)11-28-18-10-14(21)6-9-17(18)22/h4-10,15,26H,3,11-12H2,1-2H3/t15-/m1/s1. The normalized spacial score (nSPS) is 12.0. The van der Waals surface area contributed by atoms with Gasteiger partial charge in [-0.2, -0.15) is 0 Å². The molecule has 0 amide bonds. The van der Waals surface area contributed by atoms with E-state index in [2.05, 4.69) is 10.2 Å². The highest BCUT2D eigenvalue weighted by atomic mass is 35.5. The van der Waals surface area contributed by atoms with Crippen LogP contribution < -0.4 is 9.47 Å². The van der Waals surface area contributed by atoms with Crippen LogP contribution in [-0.4, -0.2) is 45.4 Å². The van der Waals surface area contributed by atoms with E-state index < -0.39 is 6.10 Å². The Hall–Kier alpha value is -1.93. The molecule has 0 bridgehead atoms. The minimum absolute atomic E-state index is 0.0959. The van der Waals surface area contributed by atoms with Gasteiger partial charge in [-0.15, -0.1) is 10.2 Å². The van der Waals surface area contributed by atoms with Crippen LogP contribution in [0.5, 0.6) is 11.5 Å². The minimum Gasteiger partial charge on any atom is -0.497 e. The lowest BCUT2D eigenvalue weighted by Gasteiger charge is -2.13. The molecule has 0 aliphatic heterocycles. The van der Waals surface area contributed by atoms with Crippen LogP contribution in [0.2, 0.25) is 10.0 Å². The highest BCUT2D eigenvalue weighted by molar-refractivity contribution is 7.99. The van der Waals surface area contributed by atoms with E-state index in [1.807, 2.05) is 35.8 Å². The summed E-state index contributed by atoms with van der Waals surface area (Å²) in [4.78, 5) is 0. The summed E-state index contributed by atoms with van der Waals surface area (Å²) in [5, 5.41) is 20.6. The highest BCUT2D eigenvalue weighted by Crippen LogP contribution is 2.29. The third-order valence-corrected chi connectivity index (χ3v) is 5.77. The van der Waals surface area contributed by atoms with Crippen molar-refractivity contribution in [2.24, 2.45) is 0 Å². The Labute approximate surface area is 183 Å². The van der Waals surface area contributed by atoms with Gasteiger partial charge in [0.25, 0.3) is 0 Å². The zero-order chi connectivity index (χ0) is 20.8. The van der Waals surface area contributed by atoms with Gasteiger partial charge in [-0.25, -0.2) is 0 Å². The maximum atomic E-state index is 10.3. The summed E-state index contributed by atoms with van der Waals surface area (Å²) >= 11 is 13.4. The first kappa shape index (κ1) is 21.8. The molecule has 9 heteroatoms. The monoisotopic (exact) mass is 453 g/mol. The zero-order valence-corrected chi connectivity index (χ0v) is 18.3. The summed E-state index contributed by atoms with van der Waals surface area (Å²) < 4.78 is 12.8. The molecule has 0 saturated carbocycles. The predicted octanol–water partition coefficient (Wildman–Crippen LogP) is 4.81. The minimum atomic E-state index is -0.707. The number of nitrogens with zero attached hydrogens (tertiary/aromatic N) is 3. The van der Waals surface area contributed by atoms with Crippen LogP contribution in [0.15, 0.2) is 47.6 Å². The fourth-order valence-electron chi connectivity index (χ4n) is 2.63. The first-order chi connectivity index (χ1) is 14.0. The molecule has 0 radical (unpaired) electrons. The number of hydrogen-bond donors (Lipinski definition) is 1. The van der Waals surface area contributed by atoms with E-state index >= 15 is 0 Å². The zero-order valence-electron chi connectivity index (χ0n) is 16.0. The van der Waals surface area contributed by atoms with Crippen LogP contribution in [0.3, 0.4) is 0 Å². The summed E-state index contributed by atoms with van der Waals surface area (Å²) in [6.07, 6.45) is -0.707. The van der Waals surface area contributed by atoms with Gasteiger partial charge in [0.1, 0.15) is 18.1 Å². The van der Waals surface area contributed by atoms with Crippen molar-refractivity contribution in [3.8, 4) is 22.9 Å². The summed E-state index contributed by atoms with van der Waals surface area (Å²) in [7, 11) is 1.63. The lowest BCUT2D eigenvalue weighted by molar-refractivity contribution is 0.126. The average molecular weight is 454 g/mol. The number of hydrogen-bond acceptors (Lipinski definition) is 6. The van der Waals surface area contributed by atoms with Crippen molar-refractivity contribution in [1.29, 1.82) is 0 Å². The van der Waals surface area contributed by atoms with E-state index in [4.69, 9.17) is 32.7 Å². The molecule has 1 heterocycles. The smallest absolute Gasteiger partial charge is 0.191 e. The third kappa shape index (κ3) is 5.57. The number of aromatic nitrogens is 3. The molecule has 2 aromatic carbocycles. The molecule has 0 aliphatic carbocycles. The number of methoxy groups -OCH3 is 1. The number of aliphatic hydroxyl groups is 1. The summed E-state index contributed by atoms with van der Waals surface area (Å²) in [5.74, 6) is 2.41. The van der Waals surface area contributed by atoms with Crippen LogP contribution in [0.4, 0.5) is 0 Å². The second-order valence-corrected chi connectivity index (χ2v) is 7.96. The van der Waals surface area contributed by atoms with Crippen molar-refractivity contribution in [1.82, 2.24) is 14.8 Å². The molecule has 0 unspecified atom stereocenters. The van der Waals surface area contributed by atoms with Gasteiger partial charge in [0.2, 0.25) is 0 Å². The van der Waals surface area contributed by atoms with Crippen LogP contribution in [0.1, 0.15) is 6.92 Å². The molecule has 3 aromatic rings. The lowest BCUT2D eigenvalue weighted by atomic mass is 10.2. The molecule has 154 valence electrons. The molecule has 1 aromatic heterocycles. The summed E-state index contributed by atoms with van der Waals surface area (Å²) in [6.45, 7) is 2.83. The number of ether oxygens (including phenoxy) is 2. The Balaban J connectivity index is 1.61. The van der Waals surface area contributed by atoms with E-state index in [1.165, 1.54) is 11.8 Å². The maximum Gasteiger partial charge on any atom is 0.191 e.